The third-order valence-corrected chi connectivity index (χ3v) is 3.01. The average molecular weight is 429 g/mol. The van der Waals surface area contributed by atoms with Crippen molar-refractivity contribution in [3.8, 4) is 0 Å². The Labute approximate surface area is 146 Å². The van der Waals surface area contributed by atoms with Gasteiger partial charge in [0.15, 0.2) is 5.96 Å². The maximum Gasteiger partial charge on any atom is 0.416 e. The van der Waals surface area contributed by atoms with Crippen LogP contribution in [0.2, 0.25) is 0 Å². The quantitative estimate of drug-likeness (QED) is 0.308. The van der Waals surface area contributed by atoms with Gasteiger partial charge in [-0.05, 0) is 24.1 Å². The lowest BCUT2D eigenvalue weighted by Gasteiger charge is -2.13. The summed E-state index contributed by atoms with van der Waals surface area (Å²) in [5, 5.41) is 6.15. The van der Waals surface area contributed by atoms with Crippen LogP contribution in [0.4, 0.5) is 13.2 Å². The van der Waals surface area contributed by atoms with Crippen LogP contribution in [0.3, 0.4) is 0 Å². The predicted molar refractivity (Wildman–Crippen MR) is 94.6 cm³/mol. The average Bonchev–Trinajstić information content (AvgIpc) is 2.46. The van der Waals surface area contributed by atoms with Gasteiger partial charge in [0.1, 0.15) is 0 Å². The Hall–Kier alpha value is -0.990. The number of alkyl halides is 3. The molecule has 0 radical (unpaired) electrons. The molecule has 1 rings (SSSR count). The number of hydrogen-bond donors (Lipinski definition) is 2. The second kappa shape index (κ2) is 10.7. The van der Waals surface area contributed by atoms with E-state index in [4.69, 9.17) is 0 Å². The molecule has 2 N–H and O–H groups in total. The van der Waals surface area contributed by atoms with Crippen molar-refractivity contribution in [3.63, 3.8) is 0 Å². The molecule has 0 unspecified atom stereocenters. The van der Waals surface area contributed by atoms with Crippen LogP contribution >= 0.6 is 24.0 Å². The minimum atomic E-state index is -4.31. The normalized spacial score (nSPS) is 11.8. The van der Waals surface area contributed by atoms with E-state index < -0.39 is 11.7 Å². The van der Waals surface area contributed by atoms with Crippen molar-refractivity contribution in [2.75, 3.05) is 13.6 Å². The summed E-state index contributed by atoms with van der Waals surface area (Å²) in [6.45, 7) is 3.23. The molecule has 1 aromatic carbocycles. The number of benzene rings is 1. The highest BCUT2D eigenvalue weighted by atomic mass is 127. The van der Waals surface area contributed by atoms with E-state index in [1.54, 1.807) is 13.1 Å². The third kappa shape index (κ3) is 7.86. The standard InChI is InChI=1S/C15H22F3N3.HI/c1-3-4-5-9-20-14(19-2)21-11-12-7-6-8-13(10-12)15(16,17)18;/h6-8,10H,3-5,9,11H2,1-2H3,(H2,19,20,21);1H. The molecule has 0 atom stereocenters. The Kier molecular flexibility index (Phi) is 10.2. The molecule has 0 fully saturated rings. The monoisotopic (exact) mass is 429 g/mol. The van der Waals surface area contributed by atoms with Gasteiger partial charge in [0.2, 0.25) is 0 Å². The van der Waals surface area contributed by atoms with Crippen molar-refractivity contribution in [1.82, 2.24) is 10.6 Å². The van der Waals surface area contributed by atoms with Crippen LogP contribution < -0.4 is 10.6 Å². The van der Waals surface area contributed by atoms with Gasteiger partial charge in [-0.1, -0.05) is 31.9 Å². The van der Waals surface area contributed by atoms with Gasteiger partial charge in [-0.15, -0.1) is 24.0 Å². The second-order valence-electron chi connectivity index (χ2n) is 4.76. The van der Waals surface area contributed by atoms with Crippen molar-refractivity contribution in [1.29, 1.82) is 0 Å². The molecule has 0 aromatic heterocycles. The first-order valence-corrected chi connectivity index (χ1v) is 7.08. The van der Waals surface area contributed by atoms with Gasteiger partial charge in [0.25, 0.3) is 0 Å². The smallest absolute Gasteiger partial charge is 0.356 e. The molecule has 3 nitrogen and oxygen atoms in total. The van der Waals surface area contributed by atoms with Gasteiger partial charge in [0.05, 0.1) is 5.56 Å². The maximum atomic E-state index is 12.6. The predicted octanol–water partition coefficient (Wildman–Crippen LogP) is 4.18. The molecule has 0 saturated carbocycles. The molecule has 7 heteroatoms. The van der Waals surface area contributed by atoms with Gasteiger partial charge in [-0.3, -0.25) is 4.99 Å². The number of nitrogens with zero attached hydrogens (tertiary/aromatic N) is 1. The molecular weight excluding hydrogens is 406 g/mol. The zero-order chi connectivity index (χ0) is 15.7. The molecule has 0 saturated heterocycles. The van der Waals surface area contributed by atoms with Crippen molar-refractivity contribution in [3.05, 3.63) is 35.4 Å². The topological polar surface area (TPSA) is 36.4 Å². The Morgan fingerprint density at radius 2 is 1.91 bits per heavy atom. The number of unbranched alkanes of at least 4 members (excludes halogenated alkanes) is 2. The summed E-state index contributed by atoms with van der Waals surface area (Å²) in [5.41, 5.74) is -0.0611. The third-order valence-electron chi connectivity index (χ3n) is 3.01. The maximum absolute atomic E-state index is 12.6. The summed E-state index contributed by atoms with van der Waals surface area (Å²) in [6.07, 6.45) is -0.994. The number of hydrogen-bond acceptors (Lipinski definition) is 1. The summed E-state index contributed by atoms with van der Waals surface area (Å²) >= 11 is 0. The molecule has 0 spiro atoms. The van der Waals surface area contributed by atoms with Gasteiger partial charge in [-0.25, -0.2) is 0 Å². The van der Waals surface area contributed by atoms with Gasteiger partial charge >= 0.3 is 6.18 Å². The van der Waals surface area contributed by atoms with Crippen molar-refractivity contribution < 1.29 is 13.2 Å². The highest BCUT2D eigenvalue weighted by Gasteiger charge is 2.30. The van der Waals surface area contributed by atoms with Crippen molar-refractivity contribution >= 4 is 29.9 Å². The summed E-state index contributed by atoms with van der Waals surface area (Å²) in [4.78, 5) is 4.04. The van der Waals surface area contributed by atoms with Crippen LogP contribution in [0.5, 0.6) is 0 Å². The van der Waals surface area contributed by atoms with Crippen LogP contribution in [0.15, 0.2) is 29.3 Å². The number of aliphatic imine (C=N–C) groups is 1. The van der Waals surface area contributed by atoms with E-state index >= 15 is 0 Å². The van der Waals surface area contributed by atoms with Crippen molar-refractivity contribution in [2.24, 2.45) is 4.99 Å². The van der Waals surface area contributed by atoms with E-state index in [0.29, 0.717) is 18.1 Å². The van der Waals surface area contributed by atoms with E-state index in [9.17, 15) is 13.2 Å². The molecule has 0 heterocycles. The summed E-state index contributed by atoms with van der Waals surface area (Å²) < 4.78 is 37.8. The fourth-order valence-electron chi connectivity index (χ4n) is 1.85. The highest BCUT2D eigenvalue weighted by molar-refractivity contribution is 14.0. The number of guanidine groups is 1. The summed E-state index contributed by atoms with van der Waals surface area (Å²) in [5.74, 6) is 0.600. The molecule has 0 aliphatic rings. The van der Waals surface area contributed by atoms with E-state index in [1.807, 2.05) is 0 Å². The Morgan fingerprint density at radius 1 is 1.18 bits per heavy atom. The zero-order valence-corrected chi connectivity index (χ0v) is 15.2. The lowest BCUT2D eigenvalue weighted by molar-refractivity contribution is -0.137. The van der Waals surface area contributed by atoms with Crippen molar-refractivity contribution in [2.45, 2.75) is 38.9 Å². The van der Waals surface area contributed by atoms with Crippen LogP contribution in [0, 0.1) is 0 Å². The molecule has 22 heavy (non-hydrogen) atoms. The van der Waals surface area contributed by atoms with Gasteiger partial charge in [-0.2, -0.15) is 13.2 Å². The van der Waals surface area contributed by atoms with Crippen LogP contribution in [-0.4, -0.2) is 19.6 Å². The first-order chi connectivity index (χ1) is 9.97. The fraction of sp³-hybridized carbons (Fsp3) is 0.533. The largest absolute Gasteiger partial charge is 0.416 e. The first kappa shape index (κ1) is 21.0. The molecule has 126 valence electrons. The highest BCUT2D eigenvalue weighted by Crippen LogP contribution is 2.29. The lowest BCUT2D eigenvalue weighted by atomic mass is 10.1. The van der Waals surface area contributed by atoms with Crippen LogP contribution in [0.1, 0.15) is 37.3 Å². The van der Waals surface area contributed by atoms with E-state index in [1.165, 1.54) is 6.07 Å². The Balaban J connectivity index is 0.00000441. The van der Waals surface area contributed by atoms with E-state index in [2.05, 4.69) is 22.5 Å². The number of nitrogens with one attached hydrogen (secondary N) is 2. The zero-order valence-electron chi connectivity index (χ0n) is 12.8. The molecule has 1 aromatic rings. The minimum absolute atomic E-state index is 0. The van der Waals surface area contributed by atoms with E-state index in [0.717, 1.165) is 37.9 Å². The Bertz CT molecular complexity index is 462. The van der Waals surface area contributed by atoms with E-state index in [-0.39, 0.29) is 24.0 Å². The minimum Gasteiger partial charge on any atom is -0.356 e. The Morgan fingerprint density at radius 3 is 2.50 bits per heavy atom. The summed E-state index contributed by atoms with van der Waals surface area (Å²) in [7, 11) is 1.64. The molecule has 0 aliphatic heterocycles. The summed E-state index contributed by atoms with van der Waals surface area (Å²) in [6, 6.07) is 5.29. The first-order valence-electron chi connectivity index (χ1n) is 7.08. The number of halogens is 4. The SMILES string of the molecule is CCCCCNC(=NC)NCc1cccc(C(F)(F)F)c1.I. The second-order valence-corrected chi connectivity index (χ2v) is 4.76. The van der Waals surface area contributed by atoms with Gasteiger partial charge in [0, 0.05) is 20.1 Å². The van der Waals surface area contributed by atoms with Crippen LogP contribution in [0.25, 0.3) is 0 Å². The molecular formula is C15H23F3IN3. The van der Waals surface area contributed by atoms with Gasteiger partial charge < -0.3 is 10.6 Å². The molecule has 0 bridgehead atoms. The number of rotatable bonds is 6. The molecule has 0 amide bonds. The fourth-order valence-corrected chi connectivity index (χ4v) is 1.85. The van der Waals surface area contributed by atoms with Crippen LogP contribution in [-0.2, 0) is 12.7 Å². The lowest BCUT2D eigenvalue weighted by Crippen LogP contribution is -2.37. The molecule has 0 aliphatic carbocycles.